The molecule has 1 unspecified atom stereocenters. The van der Waals surface area contributed by atoms with Gasteiger partial charge < -0.3 is 4.55 Å². The van der Waals surface area contributed by atoms with Gasteiger partial charge in [0.1, 0.15) is 0 Å². The number of hydrogen-bond donors (Lipinski definition) is 0. The summed E-state index contributed by atoms with van der Waals surface area (Å²) in [5.74, 6) is 0. The first-order valence-corrected chi connectivity index (χ1v) is 10.2. The van der Waals surface area contributed by atoms with E-state index in [-0.39, 0.29) is 0 Å². The van der Waals surface area contributed by atoms with Gasteiger partial charge in [-0.2, -0.15) is 0 Å². The molecule has 0 spiro atoms. The number of allylic oxidation sites excluding steroid dienone is 1. The largest absolute Gasteiger partial charge is 0.769 e. The van der Waals surface area contributed by atoms with Crippen LogP contribution in [0.2, 0.25) is 0 Å². The standard InChI is InChI=1S/C18H36O2S/c1-2-3-4-5-6-7-8-9-10-11-12-13-14-15-16-17-18-21(19)20/h17-18H,2-16H2,1H3,(H,19,20)/p-1. The van der Waals surface area contributed by atoms with E-state index in [1.807, 2.05) is 0 Å². The summed E-state index contributed by atoms with van der Waals surface area (Å²) >= 11 is -2.01. The second kappa shape index (κ2) is 17.9. The molecule has 0 aromatic rings. The molecule has 2 nitrogen and oxygen atoms in total. The van der Waals surface area contributed by atoms with Crippen LogP contribution >= 0.6 is 0 Å². The highest BCUT2D eigenvalue weighted by Gasteiger charge is 1.93. The number of rotatable bonds is 16. The van der Waals surface area contributed by atoms with Crippen molar-refractivity contribution in [3.63, 3.8) is 0 Å². The molecule has 0 amide bonds. The molecule has 0 saturated carbocycles. The zero-order valence-corrected chi connectivity index (χ0v) is 14.8. The molecule has 0 aliphatic carbocycles. The van der Waals surface area contributed by atoms with Crippen LogP contribution in [0.4, 0.5) is 0 Å². The van der Waals surface area contributed by atoms with Crippen molar-refractivity contribution in [1.82, 2.24) is 0 Å². The molecule has 0 radical (unpaired) electrons. The Morgan fingerprint density at radius 2 is 1.10 bits per heavy atom. The second-order valence-electron chi connectivity index (χ2n) is 6.02. The van der Waals surface area contributed by atoms with Crippen LogP contribution in [0.5, 0.6) is 0 Å². The topological polar surface area (TPSA) is 40.1 Å². The summed E-state index contributed by atoms with van der Waals surface area (Å²) in [7, 11) is 0. The third-order valence-electron chi connectivity index (χ3n) is 3.93. The van der Waals surface area contributed by atoms with Crippen LogP contribution in [-0.2, 0) is 11.1 Å². The molecule has 0 aromatic carbocycles. The quantitative estimate of drug-likeness (QED) is 0.249. The Kier molecular flexibility index (Phi) is 17.8. The summed E-state index contributed by atoms with van der Waals surface area (Å²) in [5, 5.41) is 1.25. The molecular weight excluding hydrogens is 280 g/mol. The predicted molar refractivity (Wildman–Crippen MR) is 93.0 cm³/mol. The maximum Gasteiger partial charge on any atom is -0.0155 e. The SMILES string of the molecule is CCCCCCCCCCCCCCCCC=CS(=O)[O-]. The van der Waals surface area contributed by atoms with Gasteiger partial charge in [-0.05, 0) is 29.3 Å². The molecule has 0 aromatic heterocycles. The highest BCUT2D eigenvalue weighted by Crippen LogP contribution is 2.13. The van der Waals surface area contributed by atoms with Gasteiger partial charge in [-0.1, -0.05) is 96.5 Å². The van der Waals surface area contributed by atoms with Gasteiger partial charge in [-0.15, -0.1) is 0 Å². The van der Waals surface area contributed by atoms with Crippen molar-refractivity contribution >= 4 is 11.1 Å². The molecule has 3 heteroatoms. The second-order valence-corrected chi connectivity index (χ2v) is 6.81. The van der Waals surface area contributed by atoms with Crippen molar-refractivity contribution in [2.75, 3.05) is 0 Å². The Bertz CT molecular complexity index is 252. The Balaban J connectivity index is 3.01. The van der Waals surface area contributed by atoms with E-state index in [4.69, 9.17) is 0 Å². The van der Waals surface area contributed by atoms with Crippen LogP contribution < -0.4 is 0 Å². The predicted octanol–water partition coefficient (Wildman–Crippen LogP) is 6.25. The summed E-state index contributed by atoms with van der Waals surface area (Å²) in [4.78, 5) is 0. The van der Waals surface area contributed by atoms with Gasteiger partial charge in [0.15, 0.2) is 0 Å². The van der Waals surface area contributed by atoms with E-state index in [9.17, 15) is 8.76 Å². The van der Waals surface area contributed by atoms with Crippen molar-refractivity contribution in [2.24, 2.45) is 0 Å². The van der Waals surface area contributed by atoms with Gasteiger partial charge in [0.2, 0.25) is 0 Å². The van der Waals surface area contributed by atoms with Crippen molar-refractivity contribution in [3.05, 3.63) is 11.5 Å². The molecule has 1 atom stereocenters. The molecule has 0 aliphatic heterocycles. The molecule has 126 valence electrons. The zero-order chi connectivity index (χ0) is 15.6. The molecule has 0 bridgehead atoms. The fraction of sp³-hybridized carbons (Fsp3) is 0.889. The van der Waals surface area contributed by atoms with Gasteiger partial charge >= 0.3 is 0 Å². The molecule has 0 aliphatic rings. The van der Waals surface area contributed by atoms with Crippen LogP contribution in [-0.4, -0.2) is 8.76 Å². The monoisotopic (exact) mass is 315 g/mol. The van der Waals surface area contributed by atoms with Crippen molar-refractivity contribution < 1.29 is 8.76 Å². The maximum atomic E-state index is 10.3. The smallest absolute Gasteiger partial charge is 0.0155 e. The fourth-order valence-corrected chi connectivity index (χ4v) is 2.90. The van der Waals surface area contributed by atoms with Gasteiger partial charge in [-0.3, -0.25) is 4.21 Å². The third-order valence-corrected chi connectivity index (χ3v) is 4.35. The Hall–Kier alpha value is -0.150. The van der Waals surface area contributed by atoms with E-state index in [1.165, 1.54) is 88.9 Å². The zero-order valence-electron chi connectivity index (χ0n) is 14.0. The minimum absolute atomic E-state index is 0.895. The average molecular weight is 316 g/mol. The molecule has 0 saturated heterocycles. The van der Waals surface area contributed by atoms with Gasteiger partial charge in [0.25, 0.3) is 0 Å². The van der Waals surface area contributed by atoms with Crippen molar-refractivity contribution in [2.45, 2.75) is 103 Å². The summed E-state index contributed by atoms with van der Waals surface area (Å²) in [6, 6.07) is 0. The molecule has 0 heterocycles. The van der Waals surface area contributed by atoms with Crippen LogP contribution in [0.25, 0.3) is 0 Å². The van der Waals surface area contributed by atoms with E-state index in [2.05, 4.69) is 6.92 Å². The molecule has 21 heavy (non-hydrogen) atoms. The highest BCUT2D eigenvalue weighted by atomic mass is 32.2. The van der Waals surface area contributed by atoms with E-state index >= 15 is 0 Å². The maximum absolute atomic E-state index is 10.3. The lowest BCUT2D eigenvalue weighted by Gasteiger charge is -2.03. The first kappa shape index (κ1) is 20.9. The van der Waals surface area contributed by atoms with Crippen molar-refractivity contribution in [3.8, 4) is 0 Å². The first-order chi connectivity index (χ1) is 10.3. The first-order valence-electron chi connectivity index (χ1n) is 9.02. The lowest BCUT2D eigenvalue weighted by molar-refractivity contribution is 0.536. The number of unbranched alkanes of at least 4 members (excludes halogenated alkanes) is 14. The van der Waals surface area contributed by atoms with Gasteiger partial charge in [0.05, 0.1) is 0 Å². The van der Waals surface area contributed by atoms with E-state index in [0.29, 0.717) is 0 Å². The van der Waals surface area contributed by atoms with Gasteiger partial charge in [0, 0.05) is 0 Å². The van der Waals surface area contributed by atoms with Gasteiger partial charge in [-0.25, -0.2) is 0 Å². The van der Waals surface area contributed by atoms with E-state index in [0.717, 1.165) is 12.8 Å². The van der Waals surface area contributed by atoms with Crippen LogP contribution in [0, 0.1) is 0 Å². The molecular formula is C18H35O2S-. The molecule has 0 N–H and O–H groups in total. The molecule has 0 fully saturated rings. The van der Waals surface area contributed by atoms with Crippen molar-refractivity contribution in [1.29, 1.82) is 0 Å². The summed E-state index contributed by atoms with van der Waals surface area (Å²) in [6.07, 6.45) is 21.7. The molecule has 0 rings (SSSR count). The Labute approximate surface area is 135 Å². The lowest BCUT2D eigenvalue weighted by atomic mass is 10.0. The minimum Gasteiger partial charge on any atom is -0.769 e. The summed E-state index contributed by atoms with van der Waals surface area (Å²) in [6.45, 7) is 2.27. The summed E-state index contributed by atoms with van der Waals surface area (Å²) in [5.41, 5.74) is 0. The highest BCUT2D eigenvalue weighted by molar-refractivity contribution is 7.82. The fourth-order valence-electron chi connectivity index (χ4n) is 2.60. The van der Waals surface area contributed by atoms with Crippen LogP contribution in [0.15, 0.2) is 11.5 Å². The van der Waals surface area contributed by atoms with E-state index < -0.39 is 11.1 Å². The van der Waals surface area contributed by atoms with Crippen LogP contribution in [0.3, 0.4) is 0 Å². The van der Waals surface area contributed by atoms with Crippen LogP contribution in [0.1, 0.15) is 103 Å². The normalized spacial score (nSPS) is 13.0. The lowest BCUT2D eigenvalue weighted by Crippen LogP contribution is -1.83. The number of hydrogen-bond acceptors (Lipinski definition) is 2. The Morgan fingerprint density at radius 3 is 1.48 bits per heavy atom. The average Bonchev–Trinajstić information content (AvgIpc) is 2.46. The Morgan fingerprint density at radius 1 is 0.714 bits per heavy atom. The third kappa shape index (κ3) is 19.9. The minimum atomic E-state index is -2.01. The van der Waals surface area contributed by atoms with E-state index in [1.54, 1.807) is 6.08 Å². The summed E-state index contributed by atoms with van der Waals surface area (Å²) < 4.78 is 20.5.